The molecule has 2 atom stereocenters. The standard InChI is InChI=1S/C10H14N2O2/c13-7-11-9-4-2-1-3-5-10(6-9)12-8-14/h9-10H,1-6H2. The summed E-state index contributed by atoms with van der Waals surface area (Å²) in [4.78, 5) is 27.7. The predicted molar refractivity (Wildman–Crippen MR) is 51.5 cm³/mol. The van der Waals surface area contributed by atoms with Crippen molar-refractivity contribution in [3.63, 3.8) is 0 Å². The van der Waals surface area contributed by atoms with Gasteiger partial charge in [0.1, 0.15) is 0 Å². The lowest BCUT2D eigenvalue weighted by Crippen LogP contribution is -2.17. The highest BCUT2D eigenvalue weighted by atomic mass is 16.1. The molecule has 0 amide bonds. The number of hydrogen-bond donors (Lipinski definition) is 0. The number of rotatable bonds is 2. The van der Waals surface area contributed by atoms with E-state index in [0.29, 0.717) is 6.42 Å². The summed E-state index contributed by atoms with van der Waals surface area (Å²) in [5, 5.41) is 0. The summed E-state index contributed by atoms with van der Waals surface area (Å²) in [6, 6.07) is -0.00944. The van der Waals surface area contributed by atoms with Crippen molar-refractivity contribution in [3.8, 4) is 0 Å². The van der Waals surface area contributed by atoms with Crippen LogP contribution in [0.25, 0.3) is 0 Å². The van der Waals surface area contributed by atoms with Gasteiger partial charge in [0.05, 0.1) is 12.1 Å². The molecule has 4 heteroatoms. The number of isocyanates is 2. The van der Waals surface area contributed by atoms with Gasteiger partial charge in [-0.15, -0.1) is 0 Å². The van der Waals surface area contributed by atoms with Gasteiger partial charge in [-0.1, -0.05) is 19.3 Å². The van der Waals surface area contributed by atoms with E-state index < -0.39 is 0 Å². The molecular formula is C10H14N2O2. The molecule has 1 fully saturated rings. The van der Waals surface area contributed by atoms with E-state index in [9.17, 15) is 9.59 Å². The molecule has 0 saturated heterocycles. The van der Waals surface area contributed by atoms with E-state index in [4.69, 9.17) is 0 Å². The van der Waals surface area contributed by atoms with Gasteiger partial charge in [-0.25, -0.2) is 19.6 Å². The van der Waals surface area contributed by atoms with E-state index in [0.717, 1.165) is 32.1 Å². The zero-order valence-electron chi connectivity index (χ0n) is 8.11. The molecule has 0 bridgehead atoms. The summed E-state index contributed by atoms with van der Waals surface area (Å²) in [6.45, 7) is 0. The lowest BCUT2D eigenvalue weighted by atomic mass is 9.94. The van der Waals surface area contributed by atoms with Crippen LogP contribution in [-0.2, 0) is 9.59 Å². The molecule has 4 nitrogen and oxygen atoms in total. The van der Waals surface area contributed by atoms with Crippen molar-refractivity contribution in [1.29, 1.82) is 0 Å². The normalized spacial score (nSPS) is 27.7. The van der Waals surface area contributed by atoms with Gasteiger partial charge in [0, 0.05) is 0 Å². The second-order valence-corrected chi connectivity index (χ2v) is 3.62. The SMILES string of the molecule is O=C=NC1CCCCCC(N=C=O)C1. The van der Waals surface area contributed by atoms with E-state index >= 15 is 0 Å². The van der Waals surface area contributed by atoms with E-state index in [1.807, 2.05) is 0 Å². The Kier molecular flexibility index (Phi) is 4.84. The molecule has 14 heavy (non-hydrogen) atoms. The Morgan fingerprint density at radius 1 is 0.857 bits per heavy atom. The molecule has 0 N–H and O–H groups in total. The average molecular weight is 194 g/mol. The van der Waals surface area contributed by atoms with E-state index in [-0.39, 0.29) is 12.1 Å². The van der Waals surface area contributed by atoms with Crippen LogP contribution in [0, 0.1) is 0 Å². The smallest absolute Gasteiger partial charge is 0.211 e. The van der Waals surface area contributed by atoms with Crippen molar-refractivity contribution >= 4 is 12.2 Å². The Balaban J connectivity index is 2.58. The molecule has 0 aromatic heterocycles. The van der Waals surface area contributed by atoms with Crippen LogP contribution in [0.3, 0.4) is 0 Å². The van der Waals surface area contributed by atoms with Crippen LogP contribution in [0.4, 0.5) is 0 Å². The highest BCUT2D eigenvalue weighted by Gasteiger charge is 2.17. The van der Waals surface area contributed by atoms with Crippen LogP contribution < -0.4 is 0 Å². The topological polar surface area (TPSA) is 58.9 Å². The summed E-state index contributed by atoms with van der Waals surface area (Å²) in [6.07, 6.45) is 8.96. The Labute approximate surface area is 83.1 Å². The van der Waals surface area contributed by atoms with Gasteiger partial charge in [0.25, 0.3) is 0 Å². The molecule has 0 aliphatic heterocycles. The Bertz CT molecular complexity index is 239. The first kappa shape index (κ1) is 10.8. The summed E-state index contributed by atoms with van der Waals surface area (Å²) in [5.74, 6) is 0. The zero-order chi connectivity index (χ0) is 10.2. The van der Waals surface area contributed by atoms with Gasteiger partial charge < -0.3 is 0 Å². The summed E-state index contributed by atoms with van der Waals surface area (Å²) < 4.78 is 0. The quantitative estimate of drug-likeness (QED) is 0.496. The van der Waals surface area contributed by atoms with Crippen LogP contribution in [0.15, 0.2) is 9.98 Å². The minimum Gasteiger partial charge on any atom is -0.211 e. The Hall–Kier alpha value is -1.24. The Morgan fingerprint density at radius 3 is 1.79 bits per heavy atom. The lowest BCUT2D eigenvalue weighted by Gasteiger charge is -2.18. The predicted octanol–water partition coefficient (Wildman–Crippen LogP) is 1.75. The van der Waals surface area contributed by atoms with Crippen molar-refractivity contribution in [2.45, 2.75) is 50.6 Å². The van der Waals surface area contributed by atoms with Crippen LogP contribution in [-0.4, -0.2) is 24.2 Å². The maximum absolute atomic E-state index is 10.1. The summed E-state index contributed by atoms with van der Waals surface area (Å²) in [5.41, 5.74) is 0. The number of aliphatic imine (C=N–C) groups is 2. The summed E-state index contributed by atoms with van der Waals surface area (Å²) in [7, 11) is 0. The largest absolute Gasteiger partial charge is 0.235 e. The van der Waals surface area contributed by atoms with Gasteiger partial charge in [-0.2, -0.15) is 0 Å². The molecule has 1 saturated carbocycles. The number of carbonyl (C=O) groups excluding carboxylic acids is 2. The molecule has 0 spiro atoms. The van der Waals surface area contributed by atoms with Crippen LogP contribution in [0.1, 0.15) is 38.5 Å². The highest BCUT2D eigenvalue weighted by Crippen LogP contribution is 2.21. The van der Waals surface area contributed by atoms with Crippen LogP contribution in [0.2, 0.25) is 0 Å². The Morgan fingerprint density at radius 2 is 1.36 bits per heavy atom. The minimum absolute atomic E-state index is 0.00472. The maximum Gasteiger partial charge on any atom is 0.235 e. The average Bonchev–Trinajstić information content (AvgIpc) is 2.13. The van der Waals surface area contributed by atoms with Gasteiger partial charge >= 0.3 is 0 Å². The molecule has 2 unspecified atom stereocenters. The lowest BCUT2D eigenvalue weighted by molar-refractivity contribution is 0.411. The number of nitrogens with zero attached hydrogens (tertiary/aromatic N) is 2. The van der Waals surface area contributed by atoms with Crippen LogP contribution >= 0.6 is 0 Å². The first-order valence-corrected chi connectivity index (χ1v) is 5.00. The molecule has 1 aliphatic carbocycles. The van der Waals surface area contributed by atoms with Gasteiger partial charge in [-0.3, -0.25) is 0 Å². The third kappa shape index (κ3) is 3.65. The highest BCUT2D eigenvalue weighted by molar-refractivity contribution is 5.34. The molecule has 0 aromatic rings. The molecule has 1 rings (SSSR count). The minimum atomic E-state index is -0.00472. The van der Waals surface area contributed by atoms with Crippen molar-refractivity contribution in [2.75, 3.05) is 0 Å². The first-order chi connectivity index (χ1) is 6.86. The first-order valence-electron chi connectivity index (χ1n) is 5.00. The van der Waals surface area contributed by atoms with E-state index in [1.165, 1.54) is 0 Å². The fourth-order valence-electron chi connectivity index (χ4n) is 1.87. The van der Waals surface area contributed by atoms with Crippen molar-refractivity contribution in [1.82, 2.24) is 0 Å². The fraction of sp³-hybridized carbons (Fsp3) is 0.800. The maximum atomic E-state index is 10.1. The number of hydrogen-bond acceptors (Lipinski definition) is 4. The molecule has 0 radical (unpaired) electrons. The molecule has 76 valence electrons. The fourth-order valence-corrected chi connectivity index (χ4v) is 1.87. The molecule has 0 heterocycles. The van der Waals surface area contributed by atoms with Crippen molar-refractivity contribution < 1.29 is 9.59 Å². The van der Waals surface area contributed by atoms with E-state index in [1.54, 1.807) is 12.2 Å². The second kappa shape index (κ2) is 6.25. The third-order valence-electron chi connectivity index (χ3n) is 2.59. The van der Waals surface area contributed by atoms with Crippen molar-refractivity contribution in [2.24, 2.45) is 9.98 Å². The second-order valence-electron chi connectivity index (χ2n) is 3.62. The zero-order valence-corrected chi connectivity index (χ0v) is 8.11. The van der Waals surface area contributed by atoms with Crippen molar-refractivity contribution in [3.05, 3.63) is 0 Å². The van der Waals surface area contributed by atoms with Gasteiger partial charge in [0.15, 0.2) is 0 Å². The van der Waals surface area contributed by atoms with Gasteiger partial charge in [-0.05, 0) is 19.3 Å². The molecule has 1 aliphatic rings. The molecule has 0 aromatic carbocycles. The summed E-state index contributed by atoms with van der Waals surface area (Å²) >= 11 is 0. The monoisotopic (exact) mass is 194 g/mol. The van der Waals surface area contributed by atoms with E-state index in [2.05, 4.69) is 9.98 Å². The third-order valence-corrected chi connectivity index (χ3v) is 2.59. The van der Waals surface area contributed by atoms with Crippen LogP contribution in [0.5, 0.6) is 0 Å². The molecular weight excluding hydrogens is 180 g/mol. The van der Waals surface area contributed by atoms with Gasteiger partial charge in [0.2, 0.25) is 12.2 Å².